The molecule has 26 heavy (non-hydrogen) atoms. The molecule has 1 amide bonds. The molecule has 1 aromatic carbocycles. The number of aryl methyl sites for hydroxylation is 1. The van der Waals surface area contributed by atoms with Crippen molar-refractivity contribution >= 4 is 27.9 Å². The smallest absolute Gasteiger partial charge is 0.257 e. The molecule has 0 aliphatic heterocycles. The number of rotatable bonds is 5. The Labute approximate surface area is 150 Å². The van der Waals surface area contributed by atoms with Gasteiger partial charge in [0.05, 0.1) is 22.2 Å². The molecule has 0 bridgehead atoms. The molecule has 4 aromatic rings. The van der Waals surface area contributed by atoms with Crippen LogP contribution in [0.4, 0.5) is 0 Å². The fourth-order valence-corrected chi connectivity index (χ4v) is 3.04. The van der Waals surface area contributed by atoms with Gasteiger partial charge in [0.1, 0.15) is 0 Å². The molecule has 0 saturated heterocycles. The van der Waals surface area contributed by atoms with Crippen LogP contribution in [0.2, 0.25) is 0 Å². The van der Waals surface area contributed by atoms with Crippen molar-refractivity contribution in [3.63, 3.8) is 0 Å². The van der Waals surface area contributed by atoms with Gasteiger partial charge in [0.2, 0.25) is 0 Å². The Morgan fingerprint density at radius 2 is 2.08 bits per heavy atom. The van der Waals surface area contributed by atoms with E-state index in [1.165, 1.54) is 6.20 Å². The van der Waals surface area contributed by atoms with Crippen LogP contribution in [0, 0.1) is 0 Å². The number of nitrogens with one attached hydrogen (secondary N) is 1. The average Bonchev–Trinajstić information content (AvgIpc) is 3.10. The number of pyridine rings is 2. The van der Waals surface area contributed by atoms with Crippen molar-refractivity contribution in [2.75, 3.05) is 6.54 Å². The lowest BCUT2D eigenvalue weighted by Gasteiger charge is -2.07. The summed E-state index contributed by atoms with van der Waals surface area (Å²) in [5, 5.41) is 8.81. The second-order valence-electron chi connectivity index (χ2n) is 6.06. The van der Waals surface area contributed by atoms with E-state index < -0.39 is 0 Å². The SMILES string of the molecule is CCc1noc2ncc(C(=O)NCCc3cccc4cccnc34)cc12. The number of benzene rings is 1. The molecule has 0 fully saturated rings. The van der Waals surface area contributed by atoms with E-state index in [0.717, 1.165) is 34.0 Å². The Balaban J connectivity index is 1.47. The van der Waals surface area contributed by atoms with E-state index in [1.54, 1.807) is 12.3 Å². The van der Waals surface area contributed by atoms with Crippen LogP contribution in [0.5, 0.6) is 0 Å². The zero-order valence-corrected chi connectivity index (χ0v) is 14.4. The third kappa shape index (κ3) is 3.01. The van der Waals surface area contributed by atoms with Crippen molar-refractivity contribution in [1.29, 1.82) is 0 Å². The maximum atomic E-state index is 12.4. The van der Waals surface area contributed by atoms with Gasteiger partial charge >= 0.3 is 0 Å². The van der Waals surface area contributed by atoms with E-state index in [0.29, 0.717) is 24.2 Å². The van der Waals surface area contributed by atoms with Gasteiger partial charge in [-0.3, -0.25) is 9.78 Å². The van der Waals surface area contributed by atoms with E-state index in [9.17, 15) is 4.79 Å². The number of para-hydroxylation sites is 1. The van der Waals surface area contributed by atoms with Crippen molar-refractivity contribution in [3.05, 3.63) is 65.6 Å². The first-order chi connectivity index (χ1) is 12.8. The number of amides is 1. The highest BCUT2D eigenvalue weighted by Crippen LogP contribution is 2.18. The maximum Gasteiger partial charge on any atom is 0.257 e. The molecule has 0 aliphatic carbocycles. The van der Waals surface area contributed by atoms with E-state index >= 15 is 0 Å². The van der Waals surface area contributed by atoms with Crippen molar-refractivity contribution < 1.29 is 9.32 Å². The second-order valence-corrected chi connectivity index (χ2v) is 6.06. The van der Waals surface area contributed by atoms with Gasteiger partial charge in [-0.05, 0) is 30.5 Å². The summed E-state index contributed by atoms with van der Waals surface area (Å²) < 4.78 is 5.15. The minimum Gasteiger partial charge on any atom is -0.352 e. The van der Waals surface area contributed by atoms with Gasteiger partial charge in [0.25, 0.3) is 11.6 Å². The zero-order valence-electron chi connectivity index (χ0n) is 14.4. The third-order valence-electron chi connectivity index (χ3n) is 4.40. The summed E-state index contributed by atoms with van der Waals surface area (Å²) >= 11 is 0. The summed E-state index contributed by atoms with van der Waals surface area (Å²) in [6.45, 7) is 2.51. The largest absolute Gasteiger partial charge is 0.352 e. The van der Waals surface area contributed by atoms with Crippen molar-refractivity contribution in [2.24, 2.45) is 0 Å². The molecule has 0 radical (unpaired) electrons. The standard InChI is InChI=1S/C20H18N4O2/c1-2-17-16-11-15(12-23-20(16)26-24-17)19(25)22-10-8-14-6-3-5-13-7-4-9-21-18(13)14/h3-7,9,11-12H,2,8,10H2,1H3,(H,22,25). The first-order valence-electron chi connectivity index (χ1n) is 8.61. The van der Waals surface area contributed by atoms with Crippen molar-refractivity contribution in [1.82, 2.24) is 20.4 Å². The number of carbonyl (C=O) groups excluding carboxylic acids is 1. The molecule has 0 spiro atoms. The Kier molecular flexibility index (Phi) is 4.31. The molecule has 1 N–H and O–H groups in total. The summed E-state index contributed by atoms with van der Waals surface area (Å²) in [7, 11) is 0. The molecular weight excluding hydrogens is 328 g/mol. The maximum absolute atomic E-state index is 12.4. The lowest BCUT2D eigenvalue weighted by Crippen LogP contribution is -2.25. The average molecular weight is 346 g/mol. The van der Waals surface area contributed by atoms with E-state index in [2.05, 4.69) is 20.4 Å². The number of fused-ring (bicyclic) bond motifs is 2. The predicted molar refractivity (Wildman–Crippen MR) is 99.0 cm³/mol. The molecule has 0 atom stereocenters. The molecule has 3 heterocycles. The molecule has 0 aliphatic rings. The van der Waals surface area contributed by atoms with Crippen LogP contribution < -0.4 is 5.32 Å². The molecular formula is C20H18N4O2. The molecule has 3 aromatic heterocycles. The first kappa shape index (κ1) is 16.2. The quantitative estimate of drug-likeness (QED) is 0.600. The van der Waals surface area contributed by atoms with Crippen LogP contribution in [0.1, 0.15) is 28.5 Å². The van der Waals surface area contributed by atoms with Crippen LogP contribution in [-0.2, 0) is 12.8 Å². The lowest BCUT2D eigenvalue weighted by atomic mass is 10.1. The highest BCUT2D eigenvalue weighted by atomic mass is 16.5. The predicted octanol–water partition coefficient (Wildman–Crippen LogP) is 3.31. The Hall–Kier alpha value is -3.28. The van der Waals surface area contributed by atoms with Gasteiger partial charge in [-0.1, -0.05) is 36.3 Å². The van der Waals surface area contributed by atoms with E-state index in [1.807, 2.05) is 37.3 Å². The monoisotopic (exact) mass is 346 g/mol. The van der Waals surface area contributed by atoms with E-state index in [-0.39, 0.29) is 5.91 Å². The fraction of sp³-hybridized carbons (Fsp3) is 0.200. The minimum absolute atomic E-state index is 0.157. The second kappa shape index (κ2) is 6.92. The van der Waals surface area contributed by atoms with Gasteiger partial charge in [-0.25, -0.2) is 4.98 Å². The number of hydrogen-bond donors (Lipinski definition) is 1. The minimum atomic E-state index is -0.157. The summed E-state index contributed by atoms with van der Waals surface area (Å²) in [4.78, 5) is 21.1. The summed E-state index contributed by atoms with van der Waals surface area (Å²) in [6.07, 6.45) is 4.74. The Bertz CT molecular complexity index is 1080. The van der Waals surface area contributed by atoms with Crippen molar-refractivity contribution in [3.8, 4) is 0 Å². The van der Waals surface area contributed by atoms with Crippen LogP contribution in [0.15, 0.2) is 53.3 Å². The lowest BCUT2D eigenvalue weighted by molar-refractivity contribution is 0.0954. The molecule has 4 rings (SSSR count). The van der Waals surface area contributed by atoms with Crippen molar-refractivity contribution in [2.45, 2.75) is 19.8 Å². The molecule has 130 valence electrons. The van der Waals surface area contributed by atoms with Crippen LogP contribution in [0.3, 0.4) is 0 Å². The Morgan fingerprint density at radius 1 is 1.19 bits per heavy atom. The van der Waals surface area contributed by atoms with Gasteiger partial charge in [-0.2, -0.15) is 0 Å². The first-order valence-corrected chi connectivity index (χ1v) is 8.61. The summed E-state index contributed by atoms with van der Waals surface area (Å²) in [5.41, 5.74) is 3.87. The molecule has 0 saturated carbocycles. The third-order valence-corrected chi connectivity index (χ3v) is 4.40. The van der Waals surface area contributed by atoms with Gasteiger partial charge in [0.15, 0.2) is 0 Å². The van der Waals surface area contributed by atoms with Crippen LogP contribution in [-0.4, -0.2) is 27.6 Å². The topological polar surface area (TPSA) is 80.9 Å². The number of aromatic nitrogens is 3. The Morgan fingerprint density at radius 3 is 2.96 bits per heavy atom. The molecule has 0 unspecified atom stereocenters. The summed E-state index contributed by atoms with van der Waals surface area (Å²) in [5.74, 6) is -0.157. The number of carbonyl (C=O) groups is 1. The summed E-state index contributed by atoms with van der Waals surface area (Å²) in [6, 6.07) is 11.8. The fourth-order valence-electron chi connectivity index (χ4n) is 3.04. The van der Waals surface area contributed by atoms with Crippen LogP contribution in [0.25, 0.3) is 22.0 Å². The van der Waals surface area contributed by atoms with Gasteiger partial charge in [-0.15, -0.1) is 0 Å². The van der Waals surface area contributed by atoms with E-state index in [4.69, 9.17) is 4.52 Å². The number of hydrogen-bond acceptors (Lipinski definition) is 5. The number of nitrogens with zero attached hydrogens (tertiary/aromatic N) is 3. The van der Waals surface area contributed by atoms with Crippen LogP contribution >= 0.6 is 0 Å². The highest BCUT2D eigenvalue weighted by Gasteiger charge is 2.12. The van der Waals surface area contributed by atoms with Gasteiger partial charge in [0, 0.05) is 24.3 Å². The molecule has 6 nitrogen and oxygen atoms in total. The normalized spacial score (nSPS) is 11.1. The highest BCUT2D eigenvalue weighted by molar-refractivity contribution is 5.97. The van der Waals surface area contributed by atoms with Gasteiger partial charge < -0.3 is 9.84 Å². The zero-order chi connectivity index (χ0) is 17.9. The molecule has 6 heteroatoms.